The zero-order chi connectivity index (χ0) is 29.0. The average Bonchev–Trinajstić information content (AvgIpc) is 3.67. The molecular formula is C39H25N3OS. The summed E-state index contributed by atoms with van der Waals surface area (Å²) in [6, 6.07) is 37.9. The van der Waals surface area contributed by atoms with E-state index in [1.807, 2.05) is 24.3 Å². The molecule has 3 aromatic heterocycles. The minimum Gasteiger partial charge on any atom is -0.456 e. The van der Waals surface area contributed by atoms with E-state index >= 15 is 0 Å². The lowest BCUT2D eigenvalue weighted by atomic mass is 9.97. The lowest BCUT2D eigenvalue weighted by molar-refractivity contribution is 0.669. The Morgan fingerprint density at radius 3 is 1.95 bits per heavy atom. The molecule has 4 nitrogen and oxygen atoms in total. The van der Waals surface area contributed by atoms with Crippen LogP contribution < -0.4 is 0 Å². The molecule has 8 aromatic rings. The highest BCUT2D eigenvalue weighted by molar-refractivity contribution is 7.25. The zero-order valence-corrected chi connectivity index (χ0v) is 24.5. The van der Waals surface area contributed by atoms with E-state index in [0.717, 1.165) is 68.4 Å². The lowest BCUT2D eigenvalue weighted by Gasteiger charge is -2.13. The summed E-state index contributed by atoms with van der Waals surface area (Å²) >= 11 is 1.80. The molecule has 0 spiro atoms. The van der Waals surface area contributed by atoms with Gasteiger partial charge in [0.05, 0.1) is 0 Å². The quantitative estimate of drug-likeness (QED) is 0.207. The molecule has 0 fully saturated rings. The minimum atomic E-state index is 0.646. The second kappa shape index (κ2) is 10.1. The number of rotatable bonds is 4. The molecule has 0 saturated heterocycles. The van der Waals surface area contributed by atoms with Crippen LogP contribution in [0.5, 0.6) is 0 Å². The van der Waals surface area contributed by atoms with Crippen LogP contribution in [0.3, 0.4) is 0 Å². The molecule has 0 amide bonds. The van der Waals surface area contributed by atoms with Gasteiger partial charge < -0.3 is 4.42 Å². The molecule has 9 rings (SSSR count). The van der Waals surface area contributed by atoms with Crippen LogP contribution in [0.2, 0.25) is 0 Å². The first-order valence-electron chi connectivity index (χ1n) is 14.8. The fourth-order valence-corrected chi connectivity index (χ4v) is 7.55. The Morgan fingerprint density at radius 2 is 1.18 bits per heavy atom. The van der Waals surface area contributed by atoms with Crippen molar-refractivity contribution in [3.63, 3.8) is 0 Å². The lowest BCUT2D eigenvalue weighted by Crippen LogP contribution is -2.04. The molecule has 208 valence electrons. The van der Waals surface area contributed by atoms with Crippen molar-refractivity contribution in [2.75, 3.05) is 0 Å². The predicted molar refractivity (Wildman–Crippen MR) is 183 cm³/mol. The summed E-state index contributed by atoms with van der Waals surface area (Å²) in [5, 5.41) is 4.49. The first kappa shape index (κ1) is 25.1. The minimum absolute atomic E-state index is 0.646. The molecule has 1 aliphatic rings. The maximum atomic E-state index is 6.44. The molecule has 44 heavy (non-hydrogen) atoms. The molecule has 5 heteroatoms. The maximum absolute atomic E-state index is 6.44. The highest BCUT2D eigenvalue weighted by Crippen LogP contribution is 2.43. The van der Waals surface area contributed by atoms with E-state index in [1.54, 1.807) is 11.3 Å². The van der Waals surface area contributed by atoms with Gasteiger partial charge in [-0.1, -0.05) is 103 Å². The fourth-order valence-electron chi connectivity index (χ4n) is 6.42. The zero-order valence-electron chi connectivity index (χ0n) is 23.7. The first-order valence-corrected chi connectivity index (χ1v) is 15.7. The fraction of sp³-hybridized carbons (Fsp3) is 0.0513. The third kappa shape index (κ3) is 4.01. The molecule has 0 bridgehead atoms. The molecule has 0 unspecified atom stereocenters. The van der Waals surface area contributed by atoms with Gasteiger partial charge in [-0.15, -0.1) is 11.3 Å². The Hall–Kier alpha value is -5.39. The molecule has 5 aromatic carbocycles. The molecular weight excluding hydrogens is 559 g/mol. The van der Waals surface area contributed by atoms with E-state index in [1.165, 1.54) is 20.2 Å². The van der Waals surface area contributed by atoms with Crippen LogP contribution >= 0.6 is 11.3 Å². The smallest absolute Gasteiger partial charge is 0.164 e. The van der Waals surface area contributed by atoms with E-state index in [4.69, 9.17) is 19.4 Å². The van der Waals surface area contributed by atoms with Crippen molar-refractivity contribution in [1.82, 2.24) is 15.0 Å². The number of allylic oxidation sites excluding steroid dienone is 4. The van der Waals surface area contributed by atoms with Gasteiger partial charge in [-0.05, 0) is 53.8 Å². The van der Waals surface area contributed by atoms with Gasteiger partial charge in [0.15, 0.2) is 17.5 Å². The number of thiophene rings is 1. The number of aromatic nitrogens is 3. The number of furan rings is 1. The van der Waals surface area contributed by atoms with Gasteiger partial charge in [0, 0.05) is 42.1 Å². The molecule has 0 atom stereocenters. The summed E-state index contributed by atoms with van der Waals surface area (Å²) in [6.45, 7) is 0. The van der Waals surface area contributed by atoms with Gasteiger partial charge in [0.1, 0.15) is 11.2 Å². The first-order chi connectivity index (χ1) is 21.8. The summed E-state index contributed by atoms with van der Waals surface area (Å²) in [6.07, 6.45) is 8.28. The summed E-state index contributed by atoms with van der Waals surface area (Å²) in [7, 11) is 0. The van der Waals surface area contributed by atoms with E-state index in [9.17, 15) is 0 Å². The van der Waals surface area contributed by atoms with Gasteiger partial charge >= 0.3 is 0 Å². The number of nitrogens with zero attached hydrogens (tertiary/aromatic N) is 3. The molecule has 1 aliphatic carbocycles. The van der Waals surface area contributed by atoms with E-state index in [0.29, 0.717) is 11.6 Å². The number of hydrogen-bond acceptors (Lipinski definition) is 5. The predicted octanol–water partition coefficient (Wildman–Crippen LogP) is 10.9. The Labute approximate surface area is 257 Å². The topological polar surface area (TPSA) is 51.8 Å². The van der Waals surface area contributed by atoms with Crippen molar-refractivity contribution in [3.8, 4) is 33.9 Å². The molecule has 0 aliphatic heterocycles. The van der Waals surface area contributed by atoms with Gasteiger partial charge in [-0.2, -0.15) is 0 Å². The third-order valence-electron chi connectivity index (χ3n) is 8.43. The van der Waals surface area contributed by atoms with Crippen LogP contribution in [0.25, 0.3) is 81.6 Å². The van der Waals surface area contributed by atoms with E-state index in [-0.39, 0.29) is 0 Å². The molecule has 3 heterocycles. The van der Waals surface area contributed by atoms with Crippen molar-refractivity contribution < 1.29 is 4.42 Å². The van der Waals surface area contributed by atoms with Crippen molar-refractivity contribution in [2.45, 2.75) is 12.8 Å². The standard InChI is InChI=1S/C39H25N3OS/c1-3-12-24(13-4-1)26-17-9-20-30-35(26)36-29(18-10-21-31(36)43-30)39-41-37(25-14-5-2-6-15-25)40-38(42-39)28-19-11-23-33-34(28)27-16-7-8-22-32(27)44-33/h1-5,7-14,16-23H,6,15H2. The summed E-state index contributed by atoms with van der Waals surface area (Å²) in [4.78, 5) is 15.5. The monoisotopic (exact) mass is 583 g/mol. The second-order valence-electron chi connectivity index (χ2n) is 11.1. The van der Waals surface area contributed by atoms with Gasteiger partial charge in [-0.25, -0.2) is 15.0 Å². The van der Waals surface area contributed by atoms with Crippen LogP contribution in [-0.4, -0.2) is 15.0 Å². The molecule has 0 N–H and O–H groups in total. The van der Waals surface area contributed by atoms with Crippen molar-refractivity contribution in [2.24, 2.45) is 0 Å². The summed E-state index contributed by atoms with van der Waals surface area (Å²) < 4.78 is 8.92. The number of fused-ring (bicyclic) bond motifs is 6. The SMILES string of the molecule is C1=CCCC(c2nc(-c3cccc4sc5ccccc5c34)nc(-c3cccc4oc5cccc(-c6ccccc6)c5c34)n2)=C1. The van der Waals surface area contributed by atoms with Gasteiger partial charge in [-0.3, -0.25) is 0 Å². The second-order valence-corrected chi connectivity index (χ2v) is 12.2. The van der Waals surface area contributed by atoms with Gasteiger partial charge in [0.2, 0.25) is 0 Å². The van der Waals surface area contributed by atoms with Crippen molar-refractivity contribution in [3.05, 3.63) is 133 Å². The number of hydrogen-bond donors (Lipinski definition) is 0. The van der Waals surface area contributed by atoms with Crippen molar-refractivity contribution in [1.29, 1.82) is 0 Å². The Bertz CT molecular complexity index is 2450. The summed E-state index contributed by atoms with van der Waals surface area (Å²) in [5.41, 5.74) is 7.00. The maximum Gasteiger partial charge on any atom is 0.164 e. The molecule has 0 radical (unpaired) electrons. The third-order valence-corrected chi connectivity index (χ3v) is 9.56. The number of benzene rings is 5. The van der Waals surface area contributed by atoms with Crippen LogP contribution in [-0.2, 0) is 0 Å². The summed E-state index contributed by atoms with van der Waals surface area (Å²) in [5.74, 6) is 2.05. The van der Waals surface area contributed by atoms with Gasteiger partial charge in [0.25, 0.3) is 0 Å². The highest BCUT2D eigenvalue weighted by Gasteiger charge is 2.21. The Balaban J connectivity index is 1.35. The van der Waals surface area contributed by atoms with E-state index in [2.05, 4.69) is 103 Å². The van der Waals surface area contributed by atoms with Crippen LogP contribution in [0, 0.1) is 0 Å². The van der Waals surface area contributed by atoms with E-state index < -0.39 is 0 Å². The largest absolute Gasteiger partial charge is 0.456 e. The molecule has 0 saturated carbocycles. The average molecular weight is 584 g/mol. The normalized spacial score (nSPS) is 13.3. The highest BCUT2D eigenvalue weighted by atomic mass is 32.1. The Kier molecular flexibility index (Phi) is 5.78. The van der Waals surface area contributed by atoms with Crippen LogP contribution in [0.4, 0.5) is 0 Å². The van der Waals surface area contributed by atoms with Crippen LogP contribution in [0.1, 0.15) is 18.7 Å². The Morgan fingerprint density at radius 1 is 0.545 bits per heavy atom. The van der Waals surface area contributed by atoms with Crippen molar-refractivity contribution >= 4 is 59.0 Å². The van der Waals surface area contributed by atoms with Crippen LogP contribution in [0.15, 0.2) is 132 Å².